The fraction of sp³-hybridized carbons (Fsp3) is 0.300. The first-order valence-corrected chi connectivity index (χ1v) is 5.16. The summed E-state index contributed by atoms with van der Waals surface area (Å²) >= 11 is 1.67. The molecule has 0 radical (unpaired) electrons. The third-order valence-electron chi connectivity index (χ3n) is 1.92. The highest BCUT2D eigenvalue weighted by molar-refractivity contribution is 8.13. The Bertz CT molecular complexity index is 335. The molecule has 1 aromatic carbocycles. The van der Waals surface area contributed by atoms with Crippen LogP contribution in [0.25, 0.3) is 0 Å². The second-order valence-electron chi connectivity index (χ2n) is 2.86. The number of rotatable bonds is 2. The normalized spacial score (nSPS) is 14.1. The Balaban J connectivity index is 2.08. The average Bonchev–Trinajstić information content (AvgIpc) is 2.57. The number of benzene rings is 1. The van der Waals surface area contributed by atoms with Crippen molar-refractivity contribution in [2.75, 3.05) is 13.0 Å². The largest absolute Gasteiger partial charge is 0.374 e. The topological polar surface area (TPSA) is 21.6 Å². The lowest BCUT2D eigenvalue weighted by molar-refractivity contribution is 0.259. The molecule has 0 bridgehead atoms. The van der Waals surface area contributed by atoms with Crippen molar-refractivity contribution in [3.63, 3.8) is 0 Å². The van der Waals surface area contributed by atoms with Crippen LogP contribution in [-0.4, -0.2) is 18.1 Å². The van der Waals surface area contributed by atoms with E-state index in [0.29, 0.717) is 5.94 Å². The molecule has 0 aliphatic carbocycles. The molecule has 13 heavy (non-hydrogen) atoms. The van der Waals surface area contributed by atoms with Crippen LogP contribution in [0.3, 0.4) is 0 Å². The zero-order chi connectivity index (χ0) is 9.10. The van der Waals surface area contributed by atoms with Gasteiger partial charge in [0.25, 0.3) is 0 Å². The van der Waals surface area contributed by atoms with Crippen LogP contribution in [0.5, 0.6) is 0 Å². The highest BCUT2D eigenvalue weighted by Crippen LogP contribution is 2.29. The van der Waals surface area contributed by atoms with Gasteiger partial charge in [-0.3, -0.25) is 0 Å². The maximum absolute atomic E-state index is 4.98. The minimum Gasteiger partial charge on any atom is -0.374 e. The molecule has 0 aromatic heterocycles. The van der Waals surface area contributed by atoms with Gasteiger partial charge in [0, 0.05) is 13.5 Å². The van der Waals surface area contributed by atoms with Gasteiger partial charge < -0.3 is 4.74 Å². The van der Waals surface area contributed by atoms with Gasteiger partial charge in [-0.1, -0.05) is 30.0 Å². The Morgan fingerprint density at radius 1 is 1.46 bits per heavy atom. The summed E-state index contributed by atoms with van der Waals surface area (Å²) in [4.78, 5) is 4.49. The monoisotopic (exact) mass is 193 g/mol. The quantitative estimate of drug-likeness (QED) is 0.673. The Morgan fingerprint density at radius 2 is 2.31 bits per heavy atom. The van der Waals surface area contributed by atoms with Crippen molar-refractivity contribution in [2.45, 2.75) is 6.42 Å². The molecule has 3 heteroatoms. The zero-order valence-corrected chi connectivity index (χ0v) is 8.30. The molecule has 0 saturated carbocycles. The van der Waals surface area contributed by atoms with Crippen molar-refractivity contribution in [2.24, 2.45) is 4.99 Å². The fourth-order valence-electron chi connectivity index (χ4n) is 1.32. The zero-order valence-electron chi connectivity index (χ0n) is 7.49. The van der Waals surface area contributed by atoms with Crippen LogP contribution < -0.4 is 0 Å². The van der Waals surface area contributed by atoms with Gasteiger partial charge in [0.15, 0.2) is 0 Å². The fourth-order valence-corrected chi connectivity index (χ4v) is 1.99. The number of nitrogens with zero attached hydrogens (tertiary/aromatic N) is 1. The number of hydrogen-bond donors (Lipinski definition) is 0. The minimum atomic E-state index is 0.687. The first kappa shape index (κ1) is 8.78. The summed E-state index contributed by atoms with van der Waals surface area (Å²) in [5.74, 6) is 0.687. The molecule has 0 amide bonds. The standard InChI is InChI=1S/C10H11NOS/c1-12-7-13-10-6-8-4-2-3-5-9(8)11-10/h2-5H,6-7H2,1H3. The molecule has 1 aliphatic rings. The molecule has 0 N–H and O–H groups in total. The number of hydrogen-bond acceptors (Lipinski definition) is 3. The summed E-state index contributed by atoms with van der Waals surface area (Å²) in [6, 6.07) is 8.25. The van der Waals surface area contributed by atoms with Gasteiger partial charge in [0.2, 0.25) is 0 Å². The van der Waals surface area contributed by atoms with Crippen LogP contribution >= 0.6 is 11.8 Å². The molecule has 0 fully saturated rings. The van der Waals surface area contributed by atoms with Crippen molar-refractivity contribution >= 4 is 22.5 Å². The van der Waals surface area contributed by atoms with E-state index in [1.165, 1.54) is 5.56 Å². The van der Waals surface area contributed by atoms with Crippen molar-refractivity contribution in [3.8, 4) is 0 Å². The summed E-state index contributed by atoms with van der Waals surface area (Å²) in [5, 5.41) is 1.16. The third kappa shape index (κ3) is 1.92. The van der Waals surface area contributed by atoms with E-state index in [9.17, 15) is 0 Å². The molecule has 68 valence electrons. The van der Waals surface area contributed by atoms with E-state index in [2.05, 4.69) is 23.2 Å². The van der Waals surface area contributed by atoms with Gasteiger partial charge in [-0.15, -0.1) is 0 Å². The van der Waals surface area contributed by atoms with Gasteiger partial charge in [0.1, 0.15) is 0 Å². The van der Waals surface area contributed by atoms with Crippen LogP contribution in [0.15, 0.2) is 29.3 Å². The van der Waals surface area contributed by atoms with Crippen molar-refractivity contribution in [3.05, 3.63) is 29.8 Å². The maximum atomic E-state index is 4.98. The van der Waals surface area contributed by atoms with E-state index in [1.54, 1.807) is 18.9 Å². The van der Waals surface area contributed by atoms with Crippen molar-refractivity contribution in [1.29, 1.82) is 0 Å². The smallest absolute Gasteiger partial charge is 0.0975 e. The molecule has 1 aliphatic heterocycles. The molecular formula is C10H11NOS. The summed E-state index contributed by atoms with van der Waals surface area (Å²) in [5.41, 5.74) is 2.43. The van der Waals surface area contributed by atoms with Crippen LogP contribution in [0, 0.1) is 0 Å². The first-order chi connectivity index (χ1) is 6.40. The van der Waals surface area contributed by atoms with Crippen LogP contribution in [0.2, 0.25) is 0 Å². The molecular weight excluding hydrogens is 182 g/mol. The molecule has 0 unspecified atom stereocenters. The summed E-state index contributed by atoms with van der Waals surface area (Å²) in [6.45, 7) is 0. The van der Waals surface area contributed by atoms with Crippen LogP contribution in [-0.2, 0) is 11.2 Å². The second-order valence-corrected chi connectivity index (χ2v) is 3.86. The molecule has 0 saturated heterocycles. The number of thioether (sulfide) groups is 1. The predicted molar refractivity (Wildman–Crippen MR) is 56.7 cm³/mol. The predicted octanol–water partition coefficient (Wildman–Crippen LogP) is 2.61. The second kappa shape index (κ2) is 3.94. The highest BCUT2D eigenvalue weighted by Gasteiger charge is 2.13. The van der Waals surface area contributed by atoms with Gasteiger partial charge in [-0.05, 0) is 11.6 Å². The highest BCUT2D eigenvalue weighted by atomic mass is 32.2. The number of fused-ring (bicyclic) bond motifs is 1. The van der Waals surface area contributed by atoms with Gasteiger partial charge in [0.05, 0.1) is 16.7 Å². The lowest BCUT2D eigenvalue weighted by Crippen LogP contribution is -1.94. The molecule has 2 nitrogen and oxygen atoms in total. The first-order valence-electron chi connectivity index (χ1n) is 4.17. The van der Waals surface area contributed by atoms with Crippen molar-refractivity contribution in [1.82, 2.24) is 0 Å². The average molecular weight is 193 g/mol. The maximum Gasteiger partial charge on any atom is 0.0975 e. The number of methoxy groups -OCH3 is 1. The van der Waals surface area contributed by atoms with E-state index in [-0.39, 0.29) is 0 Å². The molecule has 1 heterocycles. The van der Waals surface area contributed by atoms with E-state index >= 15 is 0 Å². The van der Waals surface area contributed by atoms with Gasteiger partial charge in [-0.25, -0.2) is 4.99 Å². The molecule has 2 rings (SSSR count). The van der Waals surface area contributed by atoms with E-state index in [1.807, 2.05) is 6.07 Å². The minimum absolute atomic E-state index is 0.687. The lowest BCUT2D eigenvalue weighted by atomic mass is 10.2. The van der Waals surface area contributed by atoms with E-state index in [4.69, 9.17) is 4.74 Å². The summed E-state index contributed by atoms with van der Waals surface area (Å²) in [6.07, 6.45) is 0.962. The van der Waals surface area contributed by atoms with E-state index in [0.717, 1.165) is 17.2 Å². The Morgan fingerprint density at radius 3 is 3.08 bits per heavy atom. The number of aliphatic imine (C=N–C) groups is 1. The SMILES string of the molecule is COCSC1=Nc2ccccc2C1. The summed E-state index contributed by atoms with van der Waals surface area (Å²) in [7, 11) is 1.70. The van der Waals surface area contributed by atoms with E-state index < -0.39 is 0 Å². The Kier molecular flexibility index (Phi) is 2.66. The molecule has 0 spiro atoms. The van der Waals surface area contributed by atoms with Crippen LogP contribution in [0.4, 0.5) is 5.69 Å². The Hall–Kier alpha value is -0.800. The Labute approximate surface area is 82.0 Å². The third-order valence-corrected chi connectivity index (χ3v) is 2.84. The number of ether oxygens (including phenoxy) is 1. The van der Waals surface area contributed by atoms with Gasteiger partial charge in [-0.2, -0.15) is 0 Å². The van der Waals surface area contributed by atoms with Crippen LogP contribution in [0.1, 0.15) is 5.56 Å². The molecule has 1 aromatic rings. The van der Waals surface area contributed by atoms with Gasteiger partial charge >= 0.3 is 0 Å². The molecule has 0 atom stereocenters. The summed E-state index contributed by atoms with van der Waals surface area (Å²) < 4.78 is 4.98. The number of para-hydroxylation sites is 1. The van der Waals surface area contributed by atoms with Crippen molar-refractivity contribution < 1.29 is 4.74 Å². The lowest BCUT2D eigenvalue weighted by Gasteiger charge is -1.96.